The van der Waals surface area contributed by atoms with Gasteiger partial charge in [0.25, 0.3) is 5.91 Å². The minimum atomic E-state index is -1.14. The maximum absolute atomic E-state index is 12.9. The van der Waals surface area contributed by atoms with E-state index in [0.29, 0.717) is 17.5 Å². The molecule has 1 saturated heterocycles. The van der Waals surface area contributed by atoms with Crippen LogP contribution >= 0.6 is 0 Å². The Morgan fingerprint density at radius 2 is 1.81 bits per heavy atom. The van der Waals surface area contributed by atoms with Crippen molar-refractivity contribution < 1.29 is 19.5 Å². The van der Waals surface area contributed by atoms with Gasteiger partial charge in [0.15, 0.2) is 0 Å². The van der Waals surface area contributed by atoms with Gasteiger partial charge in [-0.3, -0.25) is 4.79 Å². The highest BCUT2D eigenvalue weighted by atomic mass is 16.4. The standard InChI is InChI=1S/C19H17N3O4/c1-2-19(15-6-4-3-5-7-15)17(25)22(18(26)21-19)20-12-13-8-10-14(11-9-13)16(23)24/h3-12H,2H2,1H3,(H,21,26)(H,23,24)/b20-12-/t19-/m1/s1. The number of carboxylic acids is 1. The van der Waals surface area contributed by atoms with E-state index in [1.807, 2.05) is 25.1 Å². The van der Waals surface area contributed by atoms with Crippen molar-refractivity contribution in [2.24, 2.45) is 5.10 Å². The van der Waals surface area contributed by atoms with Gasteiger partial charge in [-0.05, 0) is 29.7 Å². The van der Waals surface area contributed by atoms with Crippen LogP contribution in [-0.2, 0) is 10.3 Å². The van der Waals surface area contributed by atoms with Gasteiger partial charge in [-0.15, -0.1) is 5.01 Å². The zero-order valence-corrected chi connectivity index (χ0v) is 14.0. The number of hydrogen-bond acceptors (Lipinski definition) is 4. The largest absolute Gasteiger partial charge is 0.478 e. The van der Waals surface area contributed by atoms with E-state index >= 15 is 0 Å². The van der Waals surface area contributed by atoms with E-state index in [0.717, 1.165) is 5.01 Å². The van der Waals surface area contributed by atoms with Gasteiger partial charge in [-0.25, -0.2) is 9.59 Å². The monoisotopic (exact) mass is 351 g/mol. The number of carbonyl (C=O) groups excluding carboxylic acids is 2. The van der Waals surface area contributed by atoms with Crippen LogP contribution in [0, 0.1) is 0 Å². The fraction of sp³-hybridized carbons (Fsp3) is 0.158. The molecule has 3 rings (SSSR count). The summed E-state index contributed by atoms with van der Waals surface area (Å²) in [5.41, 5.74) is 0.281. The number of carbonyl (C=O) groups is 3. The Morgan fingerprint density at radius 3 is 2.38 bits per heavy atom. The molecule has 26 heavy (non-hydrogen) atoms. The fourth-order valence-corrected chi connectivity index (χ4v) is 2.87. The van der Waals surface area contributed by atoms with Crippen LogP contribution in [0.2, 0.25) is 0 Å². The summed E-state index contributed by atoms with van der Waals surface area (Å²) in [4.78, 5) is 36.0. The van der Waals surface area contributed by atoms with E-state index < -0.39 is 23.4 Å². The minimum Gasteiger partial charge on any atom is -0.478 e. The quantitative estimate of drug-likeness (QED) is 0.639. The Labute approximate surface area is 149 Å². The molecular formula is C19H17N3O4. The number of imide groups is 1. The van der Waals surface area contributed by atoms with Crippen molar-refractivity contribution >= 4 is 24.1 Å². The molecule has 1 aliphatic heterocycles. The highest BCUT2D eigenvalue weighted by Gasteiger charge is 2.51. The Bertz CT molecular complexity index is 877. The normalized spacial score (nSPS) is 19.8. The van der Waals surface area contributed by atoms with Crippen molar-refractivity contribution in [3.05, 3.63) is 71.3 Å². The topological polar surface area (TPSA) is 99.1 Å². The molecule has 1 atom stereocenters. The summed E-state index contributed by atoms with van der Waals surface area (Å²) in [7, 11) is 0. The highest BCUT2D eigenvalue weighted by molar-refractivity contribution is 6.07. The number of benzene rings is 2. The molecular weight excluding hydrogens is 334 g/mol. The third-order valence-electron chi connectivity index (χ3n) is 4.35. The molecule has 0 aromatic heterocycles. The van der Waals surface area contributed by atoms with Crippen molar-refractivity contribution in [2.45, 2.75) is 18.9 Å². The first-order chi connectivity index (χ1) is 12.5. The van der Waals surface area contributed by atoms with Crippen LogP contribution in [-0.4, -0.2) is 34.2 Å². The lowest BCUT2D eigenvalue weighted by molar-refractivity contribution is -0.131. The average molecular weight is 351 g/mol. The first kappa shape index (κ1) is 17.3. The third-order valence-corrected chi connectivity index (χ3v) is 4.35. The van der Waals surface area contributed by atoms with Crippen LogP contribution in [0.25, 0.3) is 0 Å². The van der Waals surface area contributed by atoms with E-state index in [2.05, 4.69) is 10.4 Å². The molecule has 1 heterocycles. The highest BCUT2D eigenvalue weighted by Crippen LogP contribution is 2.32. The summed E-state index contributed by atoms with van der Waals surface area (Å²) in [6.07, 6.45) is 1.74. The summed E-state index contributed by atoms with van der Waals surface area (Å²) < 4.78 is 0. The van der Waals surface area contributed by atoms with E-state index in [9.17, 15) is 14.4 Å². The molecule has 0 saturated carbocycles. The fourth-order valence-electron chi connectivity index (χ4n) is 2.87. The van der Waals surface area contributed by atoms with Gasteiger partial charge in [0.2, 0.25) is 0 Å². The third kappa shape index (κ3) is 2.95. The summed E-state index contributed by atoms with van der Waals surface area (Å²) in [5.74, 6) is -1.48. The lowest BCUT2D eigenvalue weighted by atomic mass is 9.87. The van der Waals surface area contributed by atoms with Crippen molar-refractivity contribution in [1.82, 2.24) is 10.3 Å². The number of nitrogens with zero attached hydrogens (tertiary/aromatic N) is 2. The van der Waals surface area contributed by atoms with Gasteiger partial charge in [-0.1, -0.05) is 49.4 Å². The second-order valence-electron chi connectivity index (χ2n) is 5.84. The summed E-state index contributed by atoms with van der Waals surface area (Å²) in [6, 6.07) is 14.4. The van der Waals surface area contributed by atoms with Crippen LogP contribution in [0.15, 0.2) is 59.7 Å². The molecule has 1 aliphatic rings. The lowest BCUT2D eigenvalue weighted by Crippen LogP contribution is -2.43. The molecule has 3 amide bonds. The maximum atomic E-state index is 12.9. The first-order valence-electron chi connectivity index (χ1n) is 8.07. The Hall–Kier alpha value is -3.48. The molecule has 7 nitrogen and oxygen atoms in total. The first-order valence-corrected chi connectivity index (χ1v) is 8.07. The molecule has 0 aliphatic carbocycles. The number of urea groups is 1. The van der Waals surface area contributed by atoms with Crippen molar-refractivity contribution in [1.29, 1.82) is 0 Å². The predicted octanol–water partition coefficient (Wildman–Crippen LogP) is 2.58. The van der Waals surface area contributed by atoms with E-state index in [4.69, 9.17) is 5.11 Å². The van der Waals surface area contributed by atoms with Crippen molar-refractivity contribution in [3.63, 3.8) is 0 Å². The maximum Gasteiger partial charge on any atom is 0.346 e. The zero-order valence-electron chi connectivity index (χ0n) is 14.0. The average Bonchev–Trinajstić information content (AvgIpc) is 2.91. The number of nitrogens with one attached hydrogen (secondary N) is 1. The van der Waals surface area contributed by atoms with Crippen molar-refractivity contribution in [3.8, 4) is 0 Å². The molecule has 132 valence electrons. The number of hydrazone groups is 1. The number of amides is 3. The Morgan fingerprint density at radius 1 is 1.15 bits per heavy atom. The van der Waals surface area contributed by atoms with Crippen LogP contribution in [0.5, 0.6) is 0 Å². The second kappa shape index (κ2) is 6.79. The molecule has 0 unspecified atom stereocenters. The van der Waals surface area contributed by atoms with Crippen LogP contribution in [0.3, 0.4) is 0 Å². The Kier molecular flexibility index (Phi) is 4.53. The van der Waals surface area contributed by atoms with Gasteiger partial charge < -0.3 is 10.4 Å². The molecule has 7 heteroatoms. The van der Waals surface area contributed by atoms with Crippen LogP contribution < -0.4 is 5.32 Å². The van der Waals surface area contributed by atoms with Crippen LogP contribution in [0.1, 0.15) is 34.8 Å². The summed E-state index contributed by atoms with van der Waals surface area (Å²) in [6.45, 7) is 1.82. The molecule has 2 N–H and O–H groups in total. The number of hydrogen-bond donors (Lipinski definition) is 2. The smallest absolute Gasteiger partial charge is 0.346 e. The van der Waals surface area contributed by atoms with Gasteiger partial charge in [0.1, 0.15) is 5.54 Å². The Balaban J connectivity index is 1.86. The van der Waals surface area contributed by atoms with E-state index in [1.165, 1.54) is 18.3 Å². The summed E-state index contributed by atoms with van der Waals surface area (Å²) >= 11 is 0. The van der Waals surface area contributed by atoms with Gasteiger partial charge >= 0.3 is 12.0 Å². The van der Waals surface area contributed by atoms with E-state index in [-0.39, 0.29) is 5.56 Å². The number of rotatable bonds is 5. The van der Waals surface area contributed by atoms with Crippen LogP contribution in [0.4, 0.5) is 4.79 Å². The molecule has 0 bridgehead atoms. The lowest BCUT2D eigenvalue weighted by Gasteiger charge is -2.24. The zero-order chi connectivity index (χ0) is 18.7. The number of carboxylic acid groups (broad SMARTS) is 1. The molecule has 0 radical (unpaired) electrons. The predicted molar refractivity (Wildman–Crippen MR) is 94.8 cm³/mol. The van der Waals surface area contributed by atoms with Gasteiger partial charge in [0, 0.05) is 0 Å². The van der Waals surface area contributed by atoms with Crippen molar-refractivity contribution in [2.75, 3.05) is 0 Å². The molecule has 2 aromatic carbocycles. The summed E-state index contributed by atoms with van der Waals surface area (Å²) in [5, 5.41) is 16.4. The van der Waals surface area contributed by atoms with E-state index in [1.54, 1.807) is 24.3 Å². The minimum absolute atomic E-state index is 0.145. The number of aromatic carboxylic acids is 1. The molecule has 1 fully saturated rings. The second-order valence-corrected chi connectivity index (χ2v) is 5.84. The van der Waals surface area contributed by atoms with Gasteiger partial charge in [0.05, 0.1) is 11.8 Å². The molecule has 0 spiro atoms. The SMILES string of the molecule is CC[C@]1(c2ccccc2)NC(=O)N(/N=C\c2ccc(C(=O)O)cc2)C1=O. The molecule has 2 aromatic rings. The van der Waals surface area contributed by atoms with Gasteiger partial charge in [-0.2, -0.15) is 5.10 Å².